The molecule has 0 radical (unpaired) electrons. The number of amides is 4. The van der Waals surface area contributed by atoms with E-state index in [0.29, 0.717) is 40.5 Å². The number of fused-ring (bicyclic) bond motifs is 2. The number of rotatable bonds is 15. The highest BCUT2D eigenvalue weighted by Gasteiger charge is 2.45. The number of pyridine rings is 2. The fraction of sp³-hybridized carbons (Fsp3) is 0.455. The number of carbonyl (C=O) groups excluding carboxylic acids is 6. The number of nitrogens with zero attached hydrogens (tertiary/aromatic N) is 7. The van der Waals surface area contributed by atoms with Crippen LogP contribution in [0.3, 0.4) is 0 Å². The third kappa shape index (κ3) is 8.51. The Bertz CT molecular complexity index is 2470. The van der Waals surface area contributed by atoms with Crippen LogP contribution in [0.25, 0.3) is 11.0 Å². The summed E-state index contributed by atoms with van der Waals surface area (Å²) in [6, 6.07) is 7.66. The Hall–Kier alpha value is -6.36. The average Bonchev–Trinajstić information content (AvgIpc) is 3.86. The van der Waals surface area contributed by atoms with E-state index in [1.807, 2.05) is 18.3 Å². The Balaban J connectivity index is 0.768. The number of nitrogens with one attached hydrogen (secondary N) is 3. The molecular formula is C44H50N10O7. The van der Waals surface area contributed by atoms with Gasteiger partial charge in [-0.25, -0.2) is 9.97 Å². The van der Waals surface area contributed by atoms with Gasteiger partial charge in [0.25, 0.3) is 17.4 Å². The number of benzene rings is 1. The molecule has 6 heterocycles. The van der Waals surface area contributed by atoms with Gasteiger partial charge < -0.3 is 15.5 Å². The van der Waals surface area contributed by atoms with Crippen molar-refractivity contribution in [1.29, 1.82) is 0 Å². The fourth-order valence-electron chi connectivity index (χ4n) is 9.08. The molecule has 3 fully saturated rings. The SMILES string of the molecule is CC(=O)c1c(C)c2cnc(Nc3ccc(N4CCN(CCCCCC(=O)CNc5cccc6c5C(=O)N(C5CCC(=O)NC5=O)C6=O)CC4)cn3)nc2n(C2CCCC2)c1=O. The first-order valence-electron chi connectivity index (χ1n) is 21.2. The topological polar surface area (TPSA) is 209 Å². The summed E-state index contributed by atoms with van der Waals surface area (Å²) in [6.07, 6.45) is 10.4. The number of hydrogen-bond acceptors (Lipinski definition) is 14. The van der Waals surface area contributed by atoms with Crippen LogP contribution in [0.2, 0.25) is 0 Å². The number of piperidine rings is 1. The summed E-state index contributed by atoms with van der Waals surface area (Å²) in [5.74, 6) is -1.65. The number of ketones is 2. The minimum absolute atomic E-state index is 0.00161. The van der Waals surface area contributed by atoms with E-state index in [-0.39, 0.29) is 59.2 Å². The number of carbonyl (C=O) groups is 6. The van der Waals surface area contributed by atoms with Crippen LogP contribution in [0.5, 0.6) is 0 Å². The van der Waals surface area contributed by atoms with Crippen LogP contribution >= 0.6 is 0 Å². The molecular weight excluding hydrogens is 781 g/mol. The van der Waals surface area contributed by atoms with E-state index in [0.717, 1.165) is 88.3 Å². The molecule has 1 saturated carbocycles. The van der Waals surface area contributed by atoms with Crippen LogP contribution in [0.15, 0.2) is 47.5 Å². The predicted octanol–water partition coefficient (Wildman–Crippen LogP) is 4.32. The highest BCUT2D eigenvalue weighted by Crippen LogP contribution is 2.34. The Labute approximate surface area is 352 Å². The third-order valence-electron chi connectivity index (χ3n) is 12.3. The molecule has 2 saturated heterocycles. The van der Waals surface area contributed by atoms with Gasteiger partial charge in [0.05, 0.1) is 35.1 Å². The van der Waals surface area contributed by atoms with Crippen LogP contribution in [0.1, 0.15) is 114 Å². The summed E-state index contributed by atoms with van der Waals surface area (Å²) < 4.78 is 1.70. The molecule has 1 unspecified atom stereocenters. The van der Waals surface area contributed by atoms with Crippen molar-refractivity contribution in [3.05, 3.63) is 75.3 Å². The number of imide groups is 2. The molecule has 0 spiro atoms. The van der Waals surface area contributed by atoms with Crippen LogP contribution in [0, 0.1) is 6.92 Å². The molecule has 4 aromatic rings. The first-order chi connectivity index (χ1) is 29.5. The maximum absolute atomic E-state index is 13.6. The molecule has 3 N–H and O–H groups in total. The lowest BCUT2D eigenvalue weighted by Crippen LogP contribution is -2.54. The predicted molar refractivity (Wildman–Crippen MR) is 227 cm³/mol. The fourth-order valence-corrected chi connectivity index (χ4v) is 9.08. The largest absolute Gasteiger partial charge is 0.377 e. The summed E-state index contributed by atoms with van der Waals surface area (Å²) in [5, 5.41) is 9.13. The van der Waals surface area contributed by atoms with Gasteiger partial charge in [0.1, 0.15) is 17.5 Å². The number of piperazine rings is 1. The van der Waals surface area contributed by atoms with Gasteiger partial charge in [0, 0.05) is 62.3 Å². The van der Waals surface area contributed by atoms with Gasteiger partial charge in [-0.15, -0.1) is 0 Å². The molecule has 3 aromatic heterocycles. The van der Waals surface area contributed by atoms with Crippen molar-refractivity contribution >= 4 is 69.4 Å². The monoisotopic (exact) mass is 830 g/mol. The normalized spacial score (nSPS) is 18.5. The number of unbranched alkanes of at least 4 members (excludes halogenated alkanes) is 2. The van der Waals surface area contributed by atoms with Gasteiger partial charge >= 0.3 is 0 Å². The Morgan fingerprint density at radius 1 is 0.885 bits per heavy atom. The van der Waals surface area contributed by atoms with Gasteiger partial charge in [-0.1, -0.05) is 25.3 Å². The zero-order valence-corrected chi connectivity index (χ0v) is 34.5. The molecule has 4 amide bonds. The summed E-state index contributed by atoms with van der Waals surface area (Å²) in [7, 11) is 0. The minimum atomic E-state index is -1.05. The molecule has 3 aliphatic heterocycles. The van der Waals surface area contributed by atoms with E-state index >= 15 is 0 Å². The van der Waals surface area contributed by atoms with Crippen molar-refractivity contribution in [3.8, 4) is 0 Å². The van der Waals surface area contributed by atoms with E-state index < -0.39 is 29.7 Å². The Morgan fingerprint density at radius 2 is 1.67 bits per heavy atom. The molecule has 8 rings (SSSR count). The van der Waals surface area contributed by atoms with Crippen molar-refractivity contribution in [3.63, 3.8) is 0 Å². The minimum Gasteiger partial charge on any atom is -0.377 e. The maximum atomic E-state index is 13.6. The van der Waals surface area contributed by atoms with Crippen LogP contribution in [-0.4, -0.2) is 110 Å². The third-order valence-corrected chi connectivity index (χ3v) is 12.3. The van der Waals surface area contributed by atoms with Gasteiger partial charge in [0.2, 0.25) is 17.8 Å². The van der Waals surface area contributed by atoms with Gasteiger partial charge in [-0.2, -0.15) is 4.98 Å². The molecule has 1 aromatic carbocycles. The number of Topliss-reactive ketones (excluding diaryl/α,β-unsaturated/α-hetero) is 2. The van der Waals surface area contributed by atoms with Crippen LogP contribution in [0.4, 0.5) is 23.1 Å². The molecule has 1 atom stereocenters. The van der Waals surface area contributed by atoms with E-state index in [2.05, 4.69) is 35.7 Å². The summed E-state index contributed by atoms with van der Waals surface area (Å²) in [6.45, 7) is 7.68. The van der Waals surface area contributed by atoms with Crippen LogP contribution < -0.4 is 26.4 Å². The number of anilines is 4. The standard InChI is InChI=1S/C44H50N10O7/c1-26-32-25-47-44(50-39(32)53(28-9-5-6-10-28)42(60)37(26)27(2)55)48-35-16-14-29(23-46-35)52-21-19-51(20-22-52)18-7-3-4-11-30(56)24-45-33-13-8-12-31-38(33)43(61)54(41(31)59)34-15-17-36(57)49-40(34)58/h8,12-14,16,23,25,28,34,45H,3-7,9-11,15,17-22,24H2,1-2H3,(H,49,57,58)(H,46,47,48,50). The lowest BCUT2D eigenvalue weighted by molar-refractivity contribution is -0.136. The highest BCUT2D eigenvalue weighted by molar-refractivity contribution is 6.25. The van der Waals surface area contributed by atoms with Crippen molar-refractivity contribution < 1.29 is 28.8 Å². The first-order valence-corrected chi connectivity index (χ1v) is 21.2. The van der Waals surface area contributed by atoms with Crippen molar-refractivity contribution in [1.82, 2.24) is 34.6 Å². The molecule has 0 bridgehead atoms. The molecule has 318 valence electrons. The molecule has 17 nitrogen and oxygen atoms in total. The molecule has 1 aliphatic carbocycles. The van der Waals surface area contributed by atoms with Crippen molar-refractivity contribution in [2.45, 2.75) is 90.1 Å². The summed E-state index contributed by atoms with van der Waals surface area (Å²) >= 11 is 0. The summed E-state index contributed by atoms with van der Waals surface area (Å²) in [5.41, 5.74) is 2.74. The van der Waals surface area contributed by atoms with E-state index in [9.17, 15) is 33.6 Å². The molecule has 4 aliphatic rings. The van der Waals surface area contributed by atoms with E-state index in [1.165, 1.54) is 13.0 Å². The van der Waals surface area contributed by atoms with Gasteiger partial charge in [0.15, 0.2) is 11.6 Å². The molecule has 61 heavy (non-hydrogen) atoms. The van der Waals surface area contributed by atoms with Crippen molar-refractivity contribution in [2.75, 3.05) is 54.8 Å². The second-order valence-corrected chi connectivity index (χ2v) is 16.3. The zero-order chi connectivity index (χ0) is 42.8. The first kappa shape index (κ1) is 41.4. The van der Waals surface area contributed by atoms with Gasteiger partial charge in [-0.3, -0.25) is 53.2 Å². The van der Waals surface area contributed by atoms with Crippen molar-refractivity contribution in [2.24, 2.45) is 0 Å². The second-order valence-electron chi connectivity index (χ2n) is 16.3. The highest BCUT2D eigenvalue weighted by atomic mass is 16.2. The smallest absolute Gasteiger partial charge is 0.264 e. The Morgan fingerprint density at radius 3 is 2.39 bits per heavy atom. The second kappa shape index (κ2) is 17.7. The Kier molecular flexibility index (Phi) is 12.0. The van der Waals surface area contributed by atoms with E-state index in [4.69, 9.17) is 4.98 Å². The number of hydrogen-bond donors (Lipinski definition) is 3. The number of aromatic nitrogens is 4. The van der Waals surface area contributed by atoms with Gasteiger partial charge in [-0.05, 0) is 82.3 Å². The quantitative estimate of drug-likeness (QED) is 0.0867. The lowest BCUT2D eigenvalue weighted by atomic mass is 10.0. The van der Waals surface area contributed by atoms with E-state index in [1.54, 1.807) is 29.8 Å². The summed E-state index contributed by atoms with van der Waals surface area (Å²) in [4.78, 5) is 109. The zero-order valence-electron chi connectivity index (χ0n) is 34.5. The number of aryl methyl sites for hydroxylation is 1. The van der Waals surface area contributed by atoms with Crippen LogP contribution in [-0.2, 0) is 14.4 Å². The maximum Gasteiger partial charge on any atom is 0.264 e. The average molecular weight is 831 g/mol. The lowest BCUT2D eigenvalue weighted by Gasteiger charge is -2.36. The molecule has 17 heteroatoms.